The van der Waals surface area contributed by atoms with Crippen LogP contribution in [0.15, 0.2) is 48.5 Å². The molecule has 1 atom stereocenters. The topological polar surface area (TPSA) is 108 Å². The molecule has 4 amide bonds. The minimum absolute atomic E-state index is 0.0532. The molecule has 176 valence electrons. The van der Waals surface area contributed by atoms with E-state index in [1.165, 1.54) is 5.56 Å². The molecule has 5 rings (SSSR count). The average Bonchev–Trinajstić information content (AvgIpc) is 3.10. The van der Waals surface area contributed by atoms with E-state index >= 15 is 0 Å². The number of rotatable bonds is 6. The van der Waals surface area contributed by atoms with Gasteiger partial charge in [-0.15, -0.1) is 0 Å². The zero-order chi connectivity index (χ0) is 23.7. The van der Waals surface area contributed by atoms with E-state index in [0.717, 1.165) is 42.9 Å². The minimum atomic E-state index is -0.947. The Bertz CT molecular complexity index is 1140. The Hall–Kier alpha value is -3.36. The number of piperidine rings is 2. The molecule has 8 heteroatoms. The summed E-state index contributed by atoms with van der Waals surface area (Å²) < 4.78 is 0. The lowest BCUT2D eigenvalue weighted by atomic mass is 9.73. The summed E-state index contributed by atoms with van der Waals surface area (Å²) in [6, 6.07) is 14.9. The van der Waals surface area contributed by atoms with Gasteiger partial charge < -0.3 is 10.6 Å². The van der Waals surface area contributed by atoms with Gasteiger partial charge >= 0.3 is 0 Å². The SMILES string of the molecule is O=C1CCC(N2C(=O)c3ccc(CNCC4(c5ccccc5)CCNCC4)cc3C2=O)C(=O)N1. The first-order valence-electron chi connectivity index (χ1n) is 11.8. The fourth-order valence-electron chi connectivity index (χ4n) is 5.34. The van der Waals surface area contributed by atoms with Gasteiger partial charge in [-0.3, -0.25) is 29.4 Å². The Balaban J connectivity index is 1.29. The number of carbonyl (C=O) groups is 4. The molecule has 3 N–H and O–H groups in total. The van der Waals surface area contributed by atoms with Crippen molar-refractivity contribution in [2.45, 2.75) is 43.7 Å². The molecule has 34 heavy (non-hydrogen) atoms. The first kappa shape index (κ1) is 22.4. The van der Waals surface area contributed by atoms with E-state index in [0.29, 0.717) is 17.7 Å². The van der Waals surface area contributed by atoms with Gasteiger partial charge in [0.1, 0.15) is 6.04 Å². The second-order valence-corrected chi connectivity index (χ2v) is 9.33. The lowest BCUT2D eigenvalue weighted by molar-refractivity contribution is -0.136. The van der Waals surface area contributed by atoms with Crippen LogP contribution in [0.25, 0.3) is 0 Å². The predicted molar refractivity (Wildman–Crippen MR) is 125 cm³/mol. The second-order valence-electron chi connectivity index (χ2n) is 9.33. The van der Waals surface area contributed by atoms with Crippen molar-refractivity contribution in [1.82, 2.24) is 20.9 Å². The Kier molecular flexibility index (Phi) is 6.02. The van der Waals surface area contributed by atoms with Crippen LogP contribution in [0.5, 0.6) is 0 Å². The number of amides is 4. The van der Waals surface area contributed by atoms with Gasteiger partial charge in [0.15, 0.2) is 0 Å². The molecule has 3 aliphatic heterocycles. The van der Waals surface area contributed by atoms with E-state index in [9.17, 15) is 19.2 Å². The Labute approximate surface area is 198 Å². The summed E-state index contributed by atoms with van der Waals surface area (Å²) in [6.45, 7) is 3.32. The second kappa shape index (κ2) is 9.12. The summed E-state index contributed by atoms with van der Waals surface area (Å²) in [4.78, 5) is 50.6. The maximum Gasteiger partial charge on any atom is 0.262 e. The van der Waals surface area contributed by atoms with Crippen molar-refractivity contribution in [3.05, 3.63) is 70.8 Å². The highest BCUT2D eigenvalue weighted by atomic mass is 16.2. The molecule has 0 saturated carbocycles. The van der Waals surface area contributed by atoms with Gasteiger partial charge in [-0.25, -0.2) is 0 Å². The molecule has 2 aromatic rings. The highest BCUT2D eigenvalue weighted by Crippen LogP contribution is 2.33. The van der Waals surface area contributed by atoms with Crippen LogP contribution in [0.4, 0.5) is 0 Å². The fourth-order valence-corrected chi connectivity index (χ4v) is 5.34. The van der Waals surface area contributed by atoms with Crippen LogP contribution in [0, 0.1) is 0 Å². The molecule has 8 nitrogen and oxygen atoms in total. The van der Waals surface area contributed by atoms with Crippen molar-refractivity contribution < 1.29 is 19.2 Å². The van der Waals surface area contributed by atoms with Gasteiger partial charge in [-0.1, -0.05) is 36.4 Å². The van der Waals surface area contributed by atoms with Crippen molar-refractivity contribution in [2.24, 2.45) is 0 Å². The third-order valence-electron chi connectivity index (χ3n) is 7.24. The standard InChI is InChI=1S/C26H28N4O4/c31-22-9-8-21(23(32)29-22)30-24(33)19-7-6-17(14-20(19)25(30)34)15-28-16-26(10-12-27-13-11-26)18-4-2-1-3-5-18/h1-7,14,21,27-28H,8-13,15-16H2,(H,29,31,32). The Morgan fingerprint density at radius 1 is 0.941 bits per heavy atom. The first-order chi connectivity index (χ1) is 16.5. The highest BCUT2D eigenvalue weighted by Gasteiger charge is 2.44. The molecule has 1 unspecified atom stereocenters. The van der Waals surface area contributed by atoms with Gasteiger partial charge in [-0.2, -0.15) is 0 Å². The van der Waals surface area contributed by atoms with E-state index in [2.05, 4.69) is 40.2 Å². The van der Waals surface area contributed by atoms with Crippen molar-refractivity contribution >= 4 is 23.6 Å². The van der Waals surface area contributed by atoms with Crippen molar-refractivity contribution in [3.63, 3.8) is 0 Å². The van der Waals surface area contributed by atoms with Crippen molar-refractivity contribution in [1.29, 1.82) is 0 Å². The Morgan fingerprint density at radius 2 is 1.68 bits per heavy atom. The monoisotopic (exact) mass is 460 g/mol. The predicted octanol–water partition coefficient (Wildman–Crippen LogP) is 1.50. The van der Waals surface area contributed by atoms with Crippen molar-refractivity contribution in [3.8, 4) is 0 Å². The zero-order valence-electron chi connectivity index (χ0n) is 18.9. The van der Waals surface area contributed by atoms with Crippen LogP contribution < -0.4 is 16.0 Å². The minimum Gasteiger partial charge on any atom is -0.317 e. The van der Waals surface area contributed by atoms with Gasteiger partial charge in [0.2, 0.25) is 11.8 Å². The zero-order valence-corrected chi connectivity index (χ0v) is 18.9. The van der Waals surface area contributed by atoms with Gasteiger partial charge in [-0.05, 0) is 55.6 Å². The molecule has 2 aromatic carbocycles. The number of hydrogen-bond acceptors (Lipinski definition) is 6. The first-order valence-corrected chi connectivity index (χ1v) is 11.8. The number of nitrogens with zero attached hydrogens (tertiary/aromatic N) is 1. The normalized spacial score (nSPS) is 22.0. The number of carbonyl (C=O) groups excluding carboxylic acids is 4. The molecular weight excluding hydrogens is 432 g/mol. The summed E-state index contributed by atoms with van der Waals surface area (Å²) in [5.74, 6) is -1.93. The highest BCUT2D eigenvalue weighted by molar-refractivity contribution is 6.23. The van der Waals surface area contributed by atoms with Crippen LogP contribution in [-0.4, -0.2) is 54.2 Å². The third-order valence-corrected chi connectivity index (χ3v) is 7.24. The third kappa shape index (κ3) is 4.03. The number of imide groups is 2. The van der Waals surface area contributed by atoms with Crippen LogP contribution in [0.1, 0.15) is 57.5 Å². The maximum atomic E-state index is 13.1. The van der Waals surface area contributed by atoms with Gasteiger partial charge in [0.25, 0.3) is 11.8 Å². The fraction of sp³-hybridized carbons (Fsp3) is 0.385. The summed E-state index contributed by atoms with van der Waals surface area (Å²) in [6.07, 6.45) is 2.35. The largest absolute Gasteiger partial charge is 0.317 e. The number of fused-ring (bicyclic) bond motifs is 1. The van der Waals surface area contributed by atoms with Crippen LogP contribution >= 0.6 is 0 Å². The van der Waals surface area contributed by atoms with Crippen LogP contribution in [0.2, 0.25) is 0 Å². The van der Waals surface area contributed by atoms with E-state index in [-0.39, 0.29) is 24.2 Å². The number of benzene rings is 2. The summed E-state index contributed by atoms with van der Waals surface area (Å²) in [7, 11) is 0. The molecule has 0 spiro atoms. The summed E-state index contributed by atoms with van der Waals surface area (Å²) in [5, 5.41) is 9.24. The quantitative estimate of drug-likeness (QED) is 0.564. The molecule has 3 aliphatic rings. The average molecular weight is 461 g/mol. The molecule has 0 bridgehead atoms. The Morgan fingerprint density at radius 3 is 2.41 bits per heavy atom. The maximum absolute atomic E-state index is 13.1. The van der Waals surface area contributed by atoms with E-state index < -0.39 is 23.8 Å². The molecule has 0 aliphatic carbocycles. The van der Waals surface area contributed by atoms with Crippen LogP contribution in [-0.2, 0) is 21.5 Å². The van der Waals surface area contributed by atoms with E-state index in [1.54, 1.807) is 12.1 Å². The van der Waals surface area contributed by atoms with E-state index in [1.807, 2.05) is 12.1 Å². The molecule has 3 heterocycles. The lowest BCUT2D eigenvalue weighted by Gasteiger charge is -2.38. The number of nitrogens with one attached hydrogen (secondary N) is 3. The van der Waals surface area contributed by atoms with Gasteiger partial charge in [0, 0.05) is 24.9 Å². The summed E-state index contributed by atoms with van der Waals surface area (Å²) >= 11 is 0. The summed E-state index contributed by atoms with van der Waals surface area (Å²) in [5.41, 5.74) is 2.91. The lowest BCUT2D eigenvalue weighted by Crippen LogP contribution is -2.54. The molecule has 2 saturated heterocycles. The molecule has 0 radical (unpaired) electrons. The van der Waals surface area contributed by atoms with Crippen LogP contribution in [0.3, 0.4) is 0 Å². The molecule has 2 fully saturated rings. The van der Waals surface area contributed by atoms with Crippen molar-refractivity contribution in [2.75, 3.05) is 19.6 Å². The number of hydrogen-bond donors (Lipinski definition) is 3. The molecular formula is C26H28N4O4. The van der Waals surface area contributed by atoms with Gasteiger partial charge in [0.05, 0.1) is 11.1 Å². The van der Waals surface area contributed by atoms with E-state index in [4.69, 9.17) is 0 Å². The smallest absolute Gasteiger partial charge is 0.262 e. The molecule has 0 aromatic heterocycles.